The number of esters is 1. The Morgan fingerprint density at radius 3 is 2.78 bits per heavy atom. The molecular weight excluding hydrogens is 314 g/mol. The molecule has 1 N–H and O–H groups in total. The van der Waals surface area contributed by atoms with Crippen LogP contribution in [0.3, 0.4) is 0 Å². The third-order valence-corrected chi connectivity index (χ3v) is 4.08. The highest BCUT2D eigenvalue weighted by atomic mass is 32.1. The van der Waals surface area contributed by atoms with Crippen molar-refractivity contribution in [2.24, 2.45) is 0 Å². The Labute approximate surface area is 137 Å². The van der Waals surface area contributed by atoms with Crippen molar-refractivity contribution in [1.82, 2.24) is 10.3 Å². The minimum atomic E-state index is -0.572. The van der Waals surface area contributed by atoms with Crippen LogP contribution in [0.15, 0.2) is 30.3 Å². The minimum absolute atomic E-state index is 0.216. The second-order valence-electron chi connectivity index (χ2n) is 4.63. The summed E-state index contributed by atoms with van der Waals surface area (Å²) in [6, 6.07) is 11.4. The number of rotatable bonds is 6. The number of hydrogen-bond donors (Lipinski definition) is 1. The van der Waals surface area contributed by atoms with Crippen LogP contribution in [0.1, 0.15) is 21.8 Å². The van der Waals surface area contributed by atoms with Crippen LogP contribution in [-0.4, -0.2) is 30.0 Å². The maximum absolute atomic E-state index is 12.1. The lowest BCUT2D eigenvalue weighted by Crippen LogP contribution is -2.29. The molecule has 0 saturated heterocycles. The van der Waals surface area contributed by atoms with Crippen molar-refractivity contribution >= 4 is 23.2 Å². The molecule has 0 aliphatic rings. The van der Waals surface area contributed by atoms with Gasteiger partial charge in [0.25, 0.3) is 5.91 Å². The Balaban J connectivity index is 1.97. The summed E-state index contributed by atoms with van der Waals surface area (Å²) >= 11 is 1.23. The van der Waals surface area contributed by atoms with Crippen molar-refractivity contribution in [2.75, 3.05) is 13.2 Å². The van der Waals surface area contributed by atoms with Gasteiger partial charge in [0.1, 0.15) is 9.88 Å². The number of thiazole rings is 1. The molecular formula is C16H15N3O3S. The maximum Gasteiger partial charge on any atom is 0.350 e. The third-order valence-electron chi connectivity index (χ3n) is 2.90. The smallest absolute Gasteiger partial charge is 0.350 e. The van der Waals surface area contributed by atoms with Gasteiger partial charge in [-0.15, -0.1) is 11.3 Å². The predicted molar refractivity (Wildman–Crippen MR) is 85.8 cm³/mol. The van der Waals surface area contributed by atoms with Gasteiger partial charge < -0.3 is 10.1 Å². The molecule has 7 heteroatoms. The normalized spacial score (nSPS) is 9.91. The molecule has 1 heterocycles. The first-order chi connectivity index (χ1) is 11.1. The number of carbonyl (C=O) groups excluding carboxylic acids is 2. The summed E-state index contributed by atoms with van der Waals surface area (Å²) < 4.78 is 4.99. The molecule has 0 spiro atoms. The lowest BCUT2D eigenvalue weighted by Gasteiger charge is -2.04. The zero-order chi connectivity index (χ0) is 16.7. The molecule has 118 valence electrons. The van der Waals surface area contributed by atoms with E-state index in [1.807, 2.05) is 36.4 Å². The number of benzene rings is 1. The van der Waals surface area contributed by atoms with Gasteiger partial charge in [0.2, 0.25) is 0 Å². The Hall–Kier alpha value is -2.72. The van der Waals surface area contributed by atoms with Gasteiger partial charge in [0, 0.05) is 12.1 Å². The molecule has 1 amide bonds. The summed E-state index contributed by atoms with van der Waals surface area (Å²) in [6.07, 6.45) is 0.216. The average molecular weight is 329 g/mol. The fraction of sp³-hybridized carbons (Fsp3) is 0.250. The number of nitrogens with zero attached hydrogens (tertiary/aromatic N) is 2. The number of aryl methyl sites for hydroxylation is 1. The van der Waals surface area contributed by atoms with Crippen LogP contribution in [0.4, 0.5) is 0 Å². The summed E-state index contributed by atoms with van der Waals surface area (Å²) in [5.41, 5.74) is 1.50. The zero-order valence-electron chi connectivity index (χ0n) is 12.5. The molecule has 0 radical (unpaired) electrons. The number of carbonyl (C=O) groups is 2. The molecule has 1 aromatic heterocycles. The molecule has 23 heavy (non-hydrogen) atoms. The van der Waals surface area contributed by atoms with E-state index in [2.05, 4.69) is 10.3 Å². The molecule has 0 saturated carbocycles. The van der Waals surface area contributed by atoms with Gasteiger partial charge in [-0.05, 0) is 6.92 Å². The van der Waals surface area contributed by atoms with Crippen molar-refractivity contribution < 1.29 is 14.3 Å². The van der Waals surface area contributed by atoms with Crippen LogP contribution < -0.4 is 5.32 Å². The topological polar surface area (TPSA) is 92.1 Å². The van der Waals surface area contributed by atoms with Gasteiger partial charge in [-0.1, -0.05) is 30.3 Å². The molecule has 0 aliphatic carbocycles. The van der Waals surface area contributed by atoms with Crippen molar-refractivity contribution in [2.45, 2.75) is 13.3 Å². The number of aromatic nitrogens is 1. The van der Waals surface area contributed by atoms with Gasteiger partial charge in [-0.25, -0.2) is 9.78 Å². The van der Waals surface area contributed by atoms with E-state index in [0.29, 0.717) is 10.6 Å². The lowest BCUT2D eigenvalue weighted by molar-refractivity contribution is -0.124. The number of hydrogen-bond acceptors (Lipinski definition) is 6. The Morgan fingerprint density at radius 2 is 2.09 bits per heavy atom. The Bertz CT molecular complexity index is 735. The molecule has 0 aliphatic heterocycles. The Kier molecular flexibility index (Phi) is 5.83. The number of nitrogens with one attached hydrogen (secondary N) is 1. The molecule has 0 fully saturated rings. The number of nitriles is 1. The molecule has 0 bridgehead atoms. The van der Waals surface area contributed by atoms with E-state index in [0.717, 1.165) is 10.6 Å². The van der Waals surface area contributed by atoms with Gasteiger partial charge in [-0.3, -0.25) is 4.79 Å². The highest BCUT2D eigenvalue weighted by Gasteiger charge is 2.18. The average Bonchev–Trinajstić information content (AvgIpc) is 2.96. The molecule has 2 rings (SSSR count). The first-order valence-corrected chi connectivity index (χ1v) is 7.77. The van der Waals surface area contributed by atoms with Crippen LogP contribution >= 0.6 is 11.3 Å². The van der Waals surface area contributed by atoms with Crippen LogP contribution in [0.25, 0.3) is 10.6 Å². The first kappa shape index (κ1) is 16.6. The highest BCUT2D eigenvalue weighted by molar-refractivity contribution is 7.17. The summed E-state index contributed by atoms with van der Waals surface area (Å²) in [7, 11) is 0. The standard InChI is InChI=1S/C16H15N3O3S/c1-11-14(16(21)22-10-13(20)18-9-5-8-17)23-15(19-11)12-6-3-2-4-7-12/h2-4,6-7H,5,9-10H2,1H3,(H,18,20). The van der Waals surface area contributed by atoms with E-state index in [1.54, 1.807) is 6.92 Å². The molecule has 0 atom stereocenters. The maximum atomic E-state index is 12.1. The Morgan fingerprint density at radius 1 is 1.35 bits per heavy atom. The lowest BCUT2D eigenvalue weighted by atomic mass is 10.2. The second-order valence-corrected chi connectivity index (χ2v) is 5.63. The molecule has 1 aromatic carbocycles. The largest absolute Gasteiger partial charge is 0.451 e. The first-order valence-electron chi connectivity index (χ1n) is 6.95. The van der Waals surface area contributed by atoms with Gasteiger partial charge in [-0.2, -0.15) is 5.26 Å². The van der Waals surface area contributed by atoms with Crippen LogP contribution in [0, 0.1) is 18.3 Å². The van der Waals surface area contributed by atoms with E-state index in [4.69, 9.17) is 10.00 Å². The third kappa shape index (κ3) is 4.63. The summed E-state index contributed by atoms with van der Waals surface area (Å²) in [5.74, 6) is -1.00. The molecule has 6 nitrogen and oxygen atoms in total. The van der Waals surface area contributed by atoms with Crippen molar-refractivity contribution in [3.05, 3.63) is 40.9 Å². The number of amides is 1. The van der Waals surface area contributed by atoms with E-state index in [1.165, 1.54) is 11.3 Å². The quantitative estimate of drug-likeness (QED) is 0.648. The van der Waals surface area contributed by atoms with E-state index >= 15 is 0 Å². The fourth-order valence-electron chi connectivity index (χ4n) is 1.80. The van der Waals surface area contributed by atoms with Gasteiger partial charge in [0.15, 0.2) is 6.61 Å². The van der Waals surface area contributed by atoms with Gasteiger partial charge in [0.05, 0.1) is 18.2 Å². The van der Waals surface area contributed by atoms with Crippen LogP contribution in [-0.2, 0) is 9.53 Å². The van der Waals surface area contributed by atoms with Crippen molar-refractivity contribution in [3.8, 4) is 16.6 Å². The SMILES string of the molecule is Cc1nc(-c2ccccc2)sc1C(=O)OCC(=O)NCCC#N. The minimum Gasteiger partial charge on any atom is -0.451 e. The number of ether oxygens (including phenoxy) is 1. The second kappa shape index (κ2) is 8.06. The van der Waals surface area contributed by atoms with E-state index in [-0.39, 0.29) is 19.6 Å². The summed E-state index contributed by atoms with van der Waals surface area (Å²) in [5, 5.41) is 11.6. The van der Waals surface area contributed by atoms with Gasteiger partial charge >= 0.3 is 5.97 Å². The van der Waals surface area contributed by atoms with E-state index in [9.17, 15) is 9.59 Å². The molecule has 2 aromatic rings. The summed E-state index contributed by atoms with van der Waals surface area (Å²) in [4.78, 5) is 28.3. The van der Waals surface area contributed by atoms with Crippen molar-refractivity contribution in [3.63, 3.8) is 0 Å². The highest BCUT2D eigenvalue weighted by Crippen LogP contribution is 2.28. The predicted octanol–water partition coefficient (Wildman–Crippen LogP) is 2.31. The summed E-state index contributed by atoms with van der Waals surface area (Å²) in [6.45, 7) is 1.60. The molecule has 0 unspecified atom stereocenters. The fourth-order valence-corrected chi connectivity index (χ4v) is 2.76. The monoisotopic (exact) mass is 329 g/mol. The van der Waals surface area contributed by atoms with Crippen LogP contribution in [0.5, 0.6) is 0 Å². The zero-order valence-corrected chi connectivity index (χ0v) is 13.4. The van der Waals surface area contributed by atoms with E-state index < -0.39 is 11.9 Å². The van der Waals surface area contributed by atoms with Crippen LogP contribution in [0.2, 0.25) is 0 Å². The van der Waals surface area contributed by atoms with Crippen molar-refractivity contribution in [1.29, 1.82) is 5.26 Å².